The first kappa shape index (κ1) is 20.9. The van der Waals surface area contributed by atoms with Crippen molar-refractivity contribution in [3.8, 4) is 5.75 Å². The average molecular weight is 427 g/mol. The molecule has 0 aliphatic heterocycles. The van der Waals surface area contributed by atoms with Gasteiger partial charge in [0.2, 0.25) is 5.91 Å². The lowest BCUT2D eigenvalue weighted by Crippen LogP contribution is -2.36. The van der Waals surface area contributed by atoms with Gasteiger partial charge in [0, 0.05) is 22.7 Å². The fraction of sp³-hybridized carbons (Fsp3) is 0.0800. The number of rotatable bonds is 7. The number of methoxy groups -OCH3 is 1. The quantitative estimate of drug-likeness (QED) is 0.308. The lowest BCUT2D eigenvalue weighted by atomic mass is 9.82. The molecule has 5 N–H and O–H groups in total. The molecule has 0 aliphatic carbocycles. The number of hydrogen-bond acceptors (Lipinski definition) is 6. The van der Waals surface area contributed by atoms with Gasteiger partial charge in [-0.2, -0.15) is 0 Å². The highest BCUT2D eigenvalue weighted by Crippen LogP contribution is 2.39. The zero-order valence-corrected chi connectivity index (χ0v) is 17.3. The SMILES string of the molecule is COc1ccccc1C(c1cccc(Nc2c(N)c(=O)c2=O)c1)c1ccccc1C(N)=O. The van der Waals surface area contributed by atoms with Crippen molar-refractivity contribution in [3.63, 3.8) is 0 Å². The van der Waals surface area contributed by atoms with Crippen LogP contribution in [0.2, 0.25) is 0 Å². The maximum atomic E-state index is 12.2. The Hall–Kier alpha value is -4.39. The first-order chi connectivity index (χ1) is 15.4. The summed E-state index contributed by atoms with van der Waals surface area (Å²) in [6.07, 6.45) is 0. The van der Waals surface area contributed by atoms with E-state index >= 15 is 0 Å². The Morgan fingerprint density at radius 3 is 2.28 bits per heavy atom. The first-order valence-corrected chi connectivity index (χ1v) is 9.89. The fourth-order valence-electron chi connectivity index (χ4n) is 3.88. The Balaban J connectivity index is 1.88. The molecule has 0 bridgehead atoms. The predicted octanol–water partition coefficient (Wildman–Crippen LogP) is 2.90. The van der Waals surface area contributed by atoms with Crippen LogP contribution in [0.3, 0.4) is 0 Å². The third kappa shape index (κ3) is 3.60. The van der Waals surface area contributed by atoms with Crippen molar-refractivity contribution < 1.29 is 9.53 Å². The number of nitrogens with one attached hydrogen (secondary N) is 1. The number of ether oxygens (including phenoxy) is 1. The minimum Gasteiger partial charge on any atom is -0.496 e. The van der Waals surface area contributed by atoms with Crippen LogP contribution >= 0.6 is 0 Å². The number of benzene rings is 3. The molecule has 4 aromatic carbocycles. The van der Waals surface area contributed by atoms with Gasteiger partial charge < -0.3 is 21.5 Å². The van der Waals surface area contributed by atoms with Gasteiger partial charge in [-0.3, -0.25) is 14.4 Å². The number of amides is 1. The van der Waals surface area contributed by atoms with Gasteiger partial charge >= 0.3 is 0 Å². The highest BCUT2D eigenvalue weighted by Gasteiger charge is 2.25. The Bertz CT molecular complexity index is 1390. The maximum Gasteiger partial charge on any atom is 0.253 e. The van der Waals surface area contributed by atoms with Gasteiger partial charge in [-0.15, -0.1) is 0 Å². The van der Waals surface area contributed by atoms with E-state index in [4.69, 9.17) is 16.2 Å². The number of primary amides is 1. The Morgan fingerprint density at radius 1 is 0.906 bits per heavy atom. The summed E-state index contributed by atoms with van der Waals surface area (Å²) in [4.78, 5) is 35.5. The molecule has 0 heterocycles. The number of anilines is 3. The third-order valence-electron chi connectivity index (χ3n) is 5.42. The van der Waals surface area contributed by atoms with Crippen molar-refractivity contribution >= 4 is 23.0 Å². The molecule has 7 nitrogen and oxygen atoms in total. The van der Waals surface area contributed by atoms with Crippen LogP contribution in [0.4, 0.5) is 17.1 Å². The van der Waals surface area contributed by atoms with E-state index in [-0.39, 0.29) is 17.3 Å². The largest absolute Gasteiger partial charge is 0.496 e. The Labute approximate surface area is 184 Å². The maximum absolute atomic E-state index is 12.2. The zero-order chi connectivity index (χ0) is 22.8. The van der Waals surface area contributed by atoms with E-state index in [1.807, 2.05) is 54.6 Å². The first-order valence-electron chi connectivity index (χ1n) is 9.89. The Kier molecular flexibility index (Phi) is 5.47. The molecule has 0 aliphatic rings. The van der Waals surface area contributed by atoms with E-state index in [2.05, 4.69) is 5.32 Å². The van der Waals surface area contributed by atoms with E-state index in [9.17, 15) is 14.4 Å². The van der Waals surface area contributed by atoms with Crippen LogP contribution in [0, 0.1) is 0 Å². The molecule has 0 radical (unpaired) electrons. The monoisotopic (exact) mass is 427 g/mol. The van der Waals surface area contributed by atoms with Crippen molar-refractivity contribution in [2.75, 3.05) is 18.2 Å². The topological polar surface area (TPSA) is 125 Å². The van der Waals surface area contributed by atoms with Gasteiger partial charge in [-0.05, 0) is 35.4 Å². The summed E-state index contributed by atoms with van der Waals surface area (Å²) in [5, 5.41) is 2.93. The van der Waals surface area contributed by atoms with Crippen LogP contribution in [0.1, 0.15) is 33.0 Å². The molecule has 0 fully saturated rings. The van der Waals surface area contributed by atoms with Crippen molar-refractivity contribution in [3.05, 3.63) is 115 Å². The Morgan fingerprint density at radius 2 is 1.59 bits per heavy atom. The minimum atomic E-state index is -0.689. The molecule has 4 aromatic rings. The molecule has 0 saturated heterocycles. The summed E-state index contributed by atoms with van der Waals surface area (Å²) < 4.78 is 5.59. The summed E-state index contributed by atoms with van der Waals surface area (Å²) in [5.74, 6) is -0.269. The van der Waals surface area contributed by atoms with Crippen molar-refractivity contribution in [2.24, 2.45) is 5.73 Å². The number of carbonyl (C=O) groups excluding carboxylic acids is 1. The van der Waals surface area contributed by atoms with Gasteiger partial charge in [-0.25, -0.2) is 0 Å². The number of carbonyl (C=O) groups is 1. The summed E-state index contributed by atoms with van der Waals surface area (Å²) in [7, 11) is 1.59. The van der Waals surface area contributed by atoms with Crippen molar-refractivity contribution in [1.82, 2.24) is 0 Å². The van der Waals surface area contributed by atoms with Crippen LogP contribution in [-0.2, 0) is 0 Å². The number of nitrogen functional groups attached to an aromatic ring is 1. The second kappa shape index (κ2) is 8.39. The lowest BCUT2D eigenvalue weighted by Gasteiger charge is -2.23. The van der Waals surface area contributed by atoms with E-state index < -0.39 is 16.8 Å². The van der Waals surface area contributed by atoms with Crippen molar-refractivity contribution in [1.29, 1.82) is 0 Å². The minimum absolute atomic E-state index is 0.0820. The van der Waals surface area contributed by atoms with Gasteiger partial charge in [0.25, 0.3) is 10.9 Å². The van der Waals surface area contributed by atoms with Gasteiger partial charge in [0.05, 0.1) is 7.11 Å². The summed E-state index contributed by atoms with van der Waals surface area (Å²) in [6, 6.07) is 22.0. The average Bonchev–Trinajstić information content (AvgIpc) is 2.83. The smallest absolute Gasteiger partial charge is 0.253 e. The van der Waals surface area contributed by atoms with Gasteiger partial charge in [-0.1, -0.05) is 48.5 Å². The molecule has 0 spiro atoms. The molecule has 0 saturated carbocycles. The normalized spacial score (nSPS) is 11.8. The van der Waals surface area contributed by atoms with Crippen molar-refractivity contribution in [2.45, 2.75) is 5.92 Å². The second-order valence-electron chi connectivity index (χ2n) is 7.32. The molecular weight excluding hydrogens is 406 g/mol. The lowest BCUT2D eigenvalue weighted by molar-refractivity contribution is 0.0999. The third-order valence-corrected chi connectivity index (χ3v) is 5.42. The molecule has 32 heavy (non-hydrogen) atoms. The fourth-order valence-corrected chi connectivity index (χ4v) is 3.88. The second-order valence-corrected chi connectivity index (χ2v) is 7.32. The van der Waals surface area contributed by atoms with E-state index in [1.54, 1.807) is 25.3 Å². The summed E-state index contributed by atoms with van der Waals surface area (Å²) >= 11 is 0. The van der Waals surface area contributed by atoms with Crippen LogP contribution in [0.25, 0.3) is 0 Å². The molecule has 4 rings (SSSR count). The van der Waals surface area contributed by atoms with Crippen LogP contribution in [-0.4, -0.2) is 13.0 Å². The summed E-state index contributed by atoms with van der Waals surface area (Å²) in [5.41, 5.74) is 13.4. The van der Waals surface area contributed by atoms with E-state index in [1.165, 1.54) is 0 Å². The number of para-hydroxylation sites is 1. The predicted molar refractivity (Wildman–Crippen MR) is 124 cm³/mol. The van der Waals surface area contributed by atoms with Gasteiger partial charge in [0.1, 0.15) is 17.1 Å². The molecular formula is C25H21N3O4. The molecule has 0 aromatic heterocycles. The van der Waals surface area contributed by atoms with Crippen LogP contribution < -0.4 is 32.4 Å². The molecule has 160 valence electrons. The number of nitrogens with two attached hydrogens (primary N) is 2. The molecule has 1 atom stereocenters. The highest BCUT2D eigenvalue weighted by molar-refractivity contribution is 5.95. The molecule has 1 unspecified atom stereocenters. The highest BCUT2D eigenvalue weighted by atomic mass is 16.5. The summed E-state index contributed by atoms with van der Waals surface area (Å²) in [6.45, 7) is 0. The standard InChI is InChI=1S/C25H21N3O4/c1-32-19-12-5-4-11-18(19)20(16-9-2-3-10-17(16)25(27)31)14-7-6-8-15(13-14)28-22-21(26)23(29)24(22)30/h2-13,20,28H,26H2,1H3,(H2,27,31). The van der Waals surface area contributed by atoms with E-state index in [0.717, 1.165) is 16.7 Å². The van der Waals surface area contributed by atoms with Crippen LogP contribution in [0.15, 0.2) is 82.4 Å². The van der Waals surface area contributed by atoms with Gasteiger partial charge in [0.15, 0.2) is 0 Å². The van der Waals surface area contributed by atoms with E-state index in [0.29, 0.717) is 17.0 Å². The van der Waals surface area contributed by atoms with Crippen LogP contribution in [0.5, 0.6) is 5.75 Å². The molecule has 7 heteroatoms. The zero-order valence-electron chi connectivity index (χ0n) is 17.3. The molecule has 1 amide bonds. The number of hydrogen-bond donors (Lipinski definition) is 3.